The zero-order valence-electron chi connectivity index (χ0n) is 11.6. The second kappa shape index (κ2) is 7.28. The van der Waals surface area contributed by atoms with Gasteiger partial charge in [-0.05, 0) is 44.7 Å². The molecule has 0 N–H and O–H groups in total. The molecule has 0 saturated carbocycles. The van der Waals surface area contributed by atoms with E-state index >= 15 is 0 Å². The molecule has 4 heteroatoms. The lowest BCUT2D eigenvalue weighted by molar-refractivity contribution is 0.0835. The highest BCUT2D eigenvalue weighted by atomic mass is 35.5. The molecule has 1 rings (SSSR count). The molecule has 1 aromatic carbocycles. The van der Waals surface area contributed by atoms with E-state index in [0.717, 1.165) is 6.54 Å². The lowest BCUT2D eigenvalue weighted by Gasteiger charge is -2.27. The summed E-state index contributed by atoms with van der Waals surface area (Å²) < 4.78 is 0. The van der Waals surface area contributed by atoms with E-state index in [-0.39, 0.29) is 17.7 Å². The third-order valence-electron chi connectivity index (χ3n) is 3.19. The number of benzene rings is 1. The molecule has 0 amide bonds. The van der Waals surface area contributed by atoms with Gasteiger partial charge in [-0.25, -0.2) is 0 Å². The molecule has 0 fully saturated rings. The van der Waals surface area contributed by atoms with Crippen LogP contribution in [0.3, 0.4) is 0 Å². The van der Waals surface area contributed by atoms with E-state index in [1.807, 2.05) is 25.7 Å². The molecule has 0 radical (unpaired) electrons. The Balaban J connectivity index is 2.79. The van der Waals surface area contributed by atoms with E-state index in [4.69, 9.17) is 16.9 Å². The SMILES string of the molecule is CCN(CC(C)C#N)C(C)C(=O)c1ccc(Cl)cc1. The topological polar surface area (TPSA) is 44.1 Å². The van der Waals surface area contributed by atoms with Gasteiger partial charge in [0, 0.05) is 17.1 Å². The maximum absolute atomic E-state index is 12.4. The van der Waals surface area contributed by atoms with Crippen molar-refractivity contribution in [3.8, 4) is 6.07 Å². The van der Waals surface area contributed by atoms with Crippen LogP contribution in [-0.2, 0) is 0 Å². The zero-order valence-corrected chi connectivity index (χ0v) is 12.3. The highest BCUT2D eigenvalue weighted by molar-refractivity contribution is 6.30. The Kier molecular flexibility index (Phi) is 6.01. The van der Waals surface area contributed by atoms with Gasteiger partial charge in [-0.3, -0.25) is 9.69 Å². The average molecular weight is 279 g/mol. The Hall–Kier alpha value is -1.37. The molecule has 0 heterocycles. The van der Waals surface area contributed by atoms with Crippen LogP contribution < -0.4 is 0 Å². The van der Waals surface area contributed by atoms with Crippen LogP contribution in [0, 0.1) is 17.2 Å². The van der Waals surface area contributed by atoms with Crippen LogP contribution in [0.5, 0.6) is 0 Å². The van der Waals surface area contributed by atoms with Crippen molar-refractivity contribution in [1.29, 1.82) is 5.26 Å². The lowest BCUT2D eigenvalue weighted by Crippen LogP contribution is -2.41. The standard InChI is InChI=1S/C15H19ClN2O/c1-4-18(10-11(2)9-17)12(3)15(19)13-5-7-14(16)8-6-13/h5-8,11-12H,4,10H2,1-3H3. The Bertz CT molecular complexity index is 464. The first kappa shape index (κ1) is 15.7. The summed E-state index contributed by atoms with van der Waals surface area (Å²) in [6.45, 7) is 7.09. The van der Waals surface area contributed by atoms with Crippen molar-refractivity contribution in [3.05, 3.63) is 34.9 Å². The summed E-state index contributed by atoms with van der Waals surface area (Å²) in [7, 11) is 0. The van der Waals surface area contributed by atoms with E-state index in [9.17, 15) is 4.79 Å². The Morgan fingerprint density at radius 2 is 1.95 bits per heavy atom. The number of nitriles is 1. The number of carbonyl (C=O) groups is 1. The molecule has 2 atom stereocenters. The van der Waals surface area contributed by atoms with E-state index < -0.39 is 0 Å². The van der Waals surface area contributed by atoms with Gasteiger partial charge in [-0.1, -0.05) is 18.5 Å². The van der Waals surface area contributed by atoms with E-state index in [0.29, 0.717) is 17.1 Å². The van der Waals surface area contributed by atoms with Crippen molar-refractivity contribution in [2.75, 3.05) is 13.1 Å². The van der Waals surface area contributed by atoms with Gasteiger partial charge in [0.15, 0.2) is 5.78 Å². The molecule has 0 bridgehead atoms. The molecule has 0 aromatic heterocycles. The first-order valence-electron chi connectivity index (χ1n) is 6.43. The summed E-state index contributed by atoms with van der Waals surface area (Å²) in [5, 5.41) is 9.49. The van der Waals surface area contributed by atoms with Crippen molar-refractivity contribution in [2.45, 2.75) is 26.8 Å². The Morgan fingerprint density at radius 3 is 2.42 bits per heavy atom. The minimum Gasteiger partial charge on any atom is -0.292 e. The van der Waals surface area contributed by atoms with Gasteiger partial charge in [-0.2, -0.15) is 5.26 Å². The Labute approximate surface area is 119 Å². The summed E-state index contributed by atoms with van der Waals surface area (Å²) in [6, 6.07) is 8.88. The highest BCUT2D eigenvalue weighted by Gasteiger charge is 2.22. The quantitative estimate of drug-likeness (QED) is 0.749. The molecule has 3 nitrogen and oxygen atoms in total. The number of nitrogens with zero attached hydrogens (tertiary/aromatic N) is 2. The summed E-state index contributed by atoms with van der Waals surface area (Å²) in [6.07, 6.45) is 0. The van der Waals surface area contributed by atoms with Crippen molar-refractivity contribution < 1.29 is 4.79 Å². The predicted molar refractivity (Wildman–Crippen MR) is 77.3 cm³/mol. The van der Waals surface area contributed by atoms with Crippen LogP contribution in [-0.4, -0.2) is 29.8 Å². The van der Waals surface area contributed by atoms with E-state index in [1.165, 1.54) is 0 Å². The predicted octanol–water partition coefficient (Wildman–Crippen LogP) is 3.39. The van der Waals surface area contributed by atoms with E-state index in [1.54, 1.807) is 24.3 Å². The van der Waals surface area contributed by atoms with Crippen molar-refractivity contribution in [3.63, 3.8) is 0 Å². The lowest BCUT2D eigenvalue weighted by atomic mass is 10.0. The molecule has 2 unspecified atom stereocenters. The third kappa shape index (κ3) is 4.34. The largest absolute Gasteiger partial charge is 0.292 e. The molecule has 0 spiro atoms. The molecule has 1 aromatic rings. The minimum atomic E-state index is -0.234. The maximum atomic E-state index is 12.4. The number of hydrogen-bond donors (Lipinski definition) is 0. The van der Waals surface area contributed by atoms with Crippen LogP contribution in [0.15, 0.2) is 24.3 Å². The summed E-state index contributed by atoms with van der Waals surface area (Å²) in [4.78, 5) is 14.4. The van der Waals surface area contributed by atoms with Gasteiger partial charge in [-0.15, -0.1) is 0 Å². The van der Waals surface area contributed by atoms with Gasteiger partial charge in [0.05, 0.1) is 18.0 Å². The first-order valence-corrected chi connectivity index (χ1v) is 6.80. The number of hydrogen-bond acceptors (Lipinski definition) is 3. The normalized spacial score (nSPS) is 13.9. The maximum Gasteiger partial charge on any atom is 0.179 e. The molecule has 0 aliphatic rings. The van der Waals surface area contributed by atoms with Gasteiger partial charge >= 0.3 is 0 Å². The van der Waals surface area contributed by atoms with Crippen LogP contribution in [0.25, 0.3) is 0 Å². The second-order valence-corrected chi connectivity index (χ2v) is 5.10. The van der Waals surface area contributed by atoms with Gasteiger partial charge in [0.2, 0.25) is 0 Å². The molecule has 0 aliphatic heterocycles. The van der Waals surface area contributed by atoms with Crippen LogP contribution >= 0.6 is 11.6 Å². The molecule has 102 valence electrons. The minimum absolute atomic E-state index is 0.0589. The summed E-state index contributed by atoms with van der Waals surface area (Å²) >= 11 is 5.82. The Morgan fingerprint density at radius 1 is 1.37 bits per heavy atom. The van der Waals surface area contributed by atoms with E-state index in [2.05, 4.69) is 6.07 Å². The van der Waals surface area contributed by atoms with Gasteiger partial charge in [0.25, 0.3) is 0 Å². The van der Waals surface area contributed by atoms with Crippen LogP contribution in [0.2, 0.25) is 5.02 Å². The molecular weight excluding hydrogens is 260 g/mol. The number of carbonyl (C=O) groups excluding carboxylic acids is 1. The van der Waals surface area contributed by atoms with Gasteiger partial charge in [0.1, 0.15) is 0 Å². The smallest absolute Gasteiger partial charge is 0.179 e. The number of halogens is 1. The van der Waals surface area contributed by atoms with Crippen molar-refractivity contribution in [2.24, 2.45) is 5.92 Å². The average Bonchev–Trinajstić information content (AvgIpc) is 2.43. The summed E-state index contributed by atoms with van der Waals surface area (Å²) in [5.74, 6) is -0.0240. The highest BCUT2D eigenvalue weighted by Crippen LogP contribution is 2.14. The fourth-order valence-corrected chi connectivity index (χ4v) is 2.10. The molecule has 0 saturated heterocycles. The van der Waals surface area contributed by atoms with Crippen molar-refractivity contribution >= 4 is 17.4 Å². The number of Topliss-reactive ketones (excluding diaryl/α,β-unsaturated/α-hetero) is 1. The number of rotatable bonds is 6. The van der Waals surface area contributed by atoms with Crippen LogP contribution in [0.4, 0.5) is 0 Å². The second-order valence-electron chi connectivity index (χ2n) is 4.66. The molecule has 19 heavy (non-hydrogen) atoms. The molecular formula is C15H19ClN2O. The number of likely N-dealkylation sites (N-methyl/N-ethyl adjacent to an activating group) is 1. The number of ketones is 1. The zero-order chi connectivity index (χ0) is 14.4. The first-order chi connectivity index (χ1) is 8.99. The van der Waals surface area contributed by atoms with Gasteiger partial charge < -0.3 is 0 Å². The van der Waals surface area contributed by atoms with Crippen molar-refractivity contribution in [1.82, 2.24) is 4.90 Å². The molecule has 0 aliphatic carbocycles. The monoisotopic (exact) mass is 278 g/mol. The summed E-state index contributed by atoms with van der Waals surface area (Å²) in [5.41, 5.74) is 0.653. The fourth-order valence-electron chi connectivity index (χ4n) is 1.97. The fraction of sp³-hybridized carbons (Fsp3) is 0.467. The third-order valence-corrected chi connectivity index (χ3v) is 3.44. The van der Waals surface area contributed by atoms with Crippen LogP contribution in [0.1, 0.15) is 31.1 Å².